The van der Waals surface area contributed by atoms with Crippen molar-refractivity contribution in [2.75, 3.05) is 23.3 Å². The summed E-state index contributed by atoms with van der Waals surface area (Å²) in [5, 5.41) is 12.8. The Morgan fingerprint density at radius 3 is 2.63 bits per heavy atom. The zero-order valence-electron chi connectivity index (χ0n) is 20.7. The monoisotopic (exact) mass is 545 g/mol. The molecule has 3 aromatic rings. The molecule has 2 aliphatic heterocycles. The number of carbonyl (C=O) groups is 2. The third kappa shape index (κ3) is 5.30. The standard InChI is InChI=1S/C26H26ClF2N5O4/c1-14(2)34-12-16-10-21(32-22(16)25(34)37)20-9-15(11-30-23(20)33-8-7-18(35)13-33)24(36)31-17-3-5-19(6-4-17)38-26(27,28)29/h3-6,9-11,14,18,32,35H,7-8,12-13H2,1-2H3,(H,31,36). The number of fused-ring (bicyclic) bond motifs is 1. The summed E-state index contributed by atoms with van der Waals surface area (Å²) in [6.07, 6.45) is 1.56. The van der Waals surface area contributed by atoms with Crippen LogP contribution in [0.2, 0.25) is 0 Å². The number of hydrogen-bond donors (Lipinski definition) is 3. The lowest BCUT2D eigenvalue weighted by molar-refractivity contribution is -0.0964. The first-order chi connectivity index (χ1) is 18.0. The summed E-state index contributed by atoms with van der Waals surface area (Å²) in [4.78, 5) is 37.4. The number of nitrogens with one attached hydrogen (secondary N) is 2. The van der Waals surface area contributed by atoms with Crippen LogP contribution in [0.15, 0.2) is 42.6 Å². The van der Waals surface area contributed by atoms with Gasteiger partial charge in [0.2, 0.25) is 0 Å². The molecule has 5 rings (SSSR count). The number of aliphatic hydroxyl groups is 1. The van der Waals surface area contributed by atoms with Crippen molar-refractivity contribution >= 4 is 34.9 Å². The number of carbonyl (C=O) groups excluding carboxylic acids is 2. The molecule has 12 heteroatoms. The number of β-amino-alcohol motifs (C(OH)–C–C–N with tert-alkyl or cyclic N) is 1. The second-order valence-electron chi connectivity index (χ2n) is 9.62. The van der Waals surface area contributed by atoms with Gasteiger partial charge in [0.05, 0.1) is 17.4 Å². The lowest BCUT2D eigenvalue weighted by Gasteiger charge is -2.22. The Morgan fingerprint density at radius 1 is 1.29 bits per heavy atom. The molecule has 1 atom stereocenters. The van der Waals surface area contributed by atoms with Gasteiger partial charge in [0.25, 0.3) is 11.8 Å². The molecule has 2 aliphatic rings. The molecule has 1 aromatic carbocycles. The molecule has 9 nitrogen and oxygen atoms in total. The van der Waals surface area contributed by atoms with E-state index in [9.17, 15) is 23.5 Å². The van der Waals surface area contributed by atoms with Crippen LogP contribution in [0.3, 0.4) is 0 Å². The number of aromatic amines is 1. The van der Waals surface area contributed by atoms with E-state index < -0.39 is 17.6 Å². The number of benzene rings is 1. The second-order valence-corrected chi connectivity index (χ2v) is 10.1. The summed E-state index contributed by atoms with van der Waals surface area (Å²) >= 11 is 4.78. The summed E-state index contributed by atoms with van der Waals surface area (Å²) in [6.45, 7) is 5.41. The van der Waals surface area contributed by atoms with Gasteiger partial charge in [-0.3, -0.25) is 9.59 Å². The molecular weight excluding hydrogens is 520 g/mol. The Bertz CT molecular complexity index is 1370. The maximum Gasteiger partial charge on any atom is 0.487 e. The first kappa shape index (κ1) is 25.9. The quantitative estimate of drug-likeness (QED) is 0.379. The third-order valence-corrected chi connectivity index (χ3v) is 6.64. The Kier molecular flexibility index (Phi) is 6.74. The minimum absolute atomic E-state index is 0.0640. The zero-order valence-corrected chi connectivity index (χ0v) is 21.4. The summed E-state index contributed by atoms with van der Waals surface area (Å²) in [5.74, 6) is -0.117. The van der Waals surface area contributed by atoms with Crippen LogP contribution in [-0.2, 0) is 6.54 Å². The first-order valence-electron chi connectivity index (χ1n) is 12.1. The number of rotatable bonds is 7. The van der Waals surface area contributed by atoms with E-state index in [1.807, 2.05) is 24.8 Å². The van der Waals surface area contributed by atoms with Crippen molar-refractivity contribution < 1.29 is 28.2 Å². The third-order valence-electron chi connectivity index (χ3n) is 6.57. The second kappa shape index (κ2) is 9.88. The molecule has 2 amide bonds. The highest BCUT2D eigenvalue weighted by atomic mass is 35.5. The van der Waals surface area contributed by atoms with Gasteiger partial charge in [-0.2, -0.15) is 0 Å². The van der Waals surface area contributed by atoms with Crippen LogP contribution >= 0.6 is 11.6 Å². The highest BCUT2D eigenvalue weighted by Gasteiger charge is 2.33. The topological polar surface area (TPSA) is 111 Å². The Balaban J connectivity index is 1.43. The van der Waals surface area contributed by atoms with E-state index in [0.717, 1.165) is 5.56 Å². The number of aromatic nitrogens is 2. The highest BCUT2D eigenvalue weighted by molar-refractivity contribution is 6.20. The number of amides is 2. The maximum absolute atomic E-state index is 13.1. The number of nitrogens with zero attached hydrogens (tertiary/aromatic N) is 3. The van der Waals surface area contributed by atoms with E-state index in [4.69, 9.17) is 11.6 Å². The molecule has 3 N–H and O–H groups in total. The average Bonchev–Trinajstić information content (AvgIpc) is 3.55. The van der Waals surface area contributed by atoms with Gasteiger partial charge in [-0.15, -0.1) is 8.78 Å². The predicted molar refractivity (Wildman–Crippen MR) is 138 cm³/mol. The molecule has 2 aromatic heterocycles. The van der Waals surface area contributed by atoms with Crippen molar-refractivity contribution in [2.45, 2.75) is 44.5 Å². The number of H-pyrrole nitrogens is 1. The summed E-state index contributed by atoms with van der Waals surface area (Å²) in [7, 11) is 0. The van der Waals surface area contributed by atoms with Crippen LogP contribution in [0, 0.1) is 0 Å². The molecule has 1 fully saturated rings. The van der Waals surface area contributed by atoms with Gasteiger partial charge in [-0.25, -0.2) is 4.98 Å². The maximum atomic E-state index is 13.1. The smallest absolute Gasteiger partial charge is 0.420 e. The van der Waals surface area contributed by atoms with Crippen molar-refractivity contribution in [3.63, 3.8) is 0 Å². The van der Waals surface area contributed by atoms with Crippen molar-refractivity contribution in [3.05, 3.63) is 59.4 Å². The van der Waals surface area contributed by atoms with Crippen LogP contribution < -0.4 is 15.0 Å². The van der Waals surface area contributed by atoms with E-state index in [2.05, 4.69) is 20.0 Å². The number of aliphatic hydroxyl groups excluding tert-OH is 1. The van der Waals surface area contributed by atoms with E-state index in [1.54, 1.807) is 11.0 Å². The fraction of sp³-hybridized carbons (Fsp3) is 0.346. The van der Waals surface area contributed by atoms with Crippen LogP contribution in [0.4, 0.5) is 20.3 Å². The Labute approximate surface area is 222 Å². The van der Waals surface area contributed by atoms with Gasteiger partial charge >= 0.3 is 5.57 Å². The Morgan fingerprint density at radius 2 is 2.03 bits per heavy atom. The molecular formula is C26H26ClF2N5O4. The Hall–Kier alpha value is -3.70. The molecule has 38 heavy (non-hydrogen) atoms. The lowest BCUT2D eigenvalue weighted by atomic mass is 10.1. The van der Waals surface area contributed by atoms with Crippen molar-refractivity contribution in [1.29, 1.82) is 0 Å². The van der Waals surface area contributed by atoms with Crippen LogP contribution in [0.25, 0.3) is 11.3 Å². The van der Waals surface area contributed by atoms with Crippen LogP contribution in [0.5, 0.6) is 5.75 Å². The SMILES string of the molecule is CC(C)N1Cc2cc(-c3cc(C(=O)Nc4ccc(OC(F)(F)Cl)cc4)cnc3N3CCC(O)C3)[nH]c2C1=O. The van der Waals surface area contributed by atoms with E-state index in [1.165, 1.54) is 30.5 Å². The largest absolute Gasteiger partial charge is 0.487 e. The molecule has 200 valence electrons. The summed E-state index contributed by atoms with van der Waals surface area (Å²) in [6, 6.07) is 8.98. The fourth-order valence-corrected chi connectivity index (χ4v) is 4.77. The molecule has 0 spiro atoms. The minimum atomic E-state index is -3.84. The molecule has 0 radical (unpaired) electrons. The van der Waals surface area contributed by atoms with Gasteiger partial charge in [-0.1, -0.05) is 0 Å². The fourth-order valence-electron chi connectivity index (χ4n) is 4.68. The number of pyridine rings is 1. The van der Waals surface area contributed by atoms with Gasteiger partial charge in [0, 0.05) is 60.3 Å². The number of halogens is 3. The first-order valence-corrected chi connectivity index (χ1v) is 12.5. The molecule has 0 aliphatic carbocycles. The predicted octanol–water partition coefficient (Wildman–Crippen LogP) is 4.43. The van der Waals surface area contributed by atoms with Gasteiger partial charge in [0.1, 0.15) is 17.3 Å². The number of hydrogen-bond acceptors (Lipinski definition) is 6. The van der Waals surface area contributed by atoms with E-state index in [-0.39, 0.29) is 23.3 Å². The number of ether oxygens (including phenoxy) is 1. The lowest BCUT2D eigenvalue weighted by Crippen LogP contribution is -2.31. The average molecular weight is 546 g/mol. The normalized spacial score (nSPS) is 17.3. The van der Waals surface area contributed by atoms with Crippen molar-refractivity contribution in [1.82, 2.24) is 14.9 Å². The van der Waals surface area contributed by atoms with Crippen molar-refractivity contribution in [2.24, 2.45) is 0 Å². The molecule has 1 saturated heterocycles. The highest BCUT2D eigenvalue weighted by Crippen LogP contribution is 2.35. The molecule has 0 saturated carbocycles. The van der Waals surface area contributed by atoms with Crippen LogP contribution in [0.1, 0.15) is 46.7 Å². The molecule has 4 heterocycles. The molecule has 1 unspecified atom stereocenters. The number of anilines is 2. The van der Waals surface area contributed by atoms with Gasteiger partial charge in [-0.05, 0) is 56.7 Å². The zero-order chi connectivity index (χ0) is 27.2. The summed E-state index contributed by atoms with van der Waals surface area (Å²) in [5.41, 5.74) is -0.582. The molecule has 0 bridgehead atoms. The van der Waals surface area contributed by atoms with Crippen molar-refractivity contribution in [3.8, 4) is 17.0 Å². The summed E-state index contributed by atoms with van der Waals surface area (Å²) < 4.78 is 30.0. The van der Waals surface area contributed by atoms with Crippen LogP contribution in [-0.4, -0.2) is 62.6 Å². The number of alkyl halides is 3. The minimum Gasteiger partial charge on any atom is -0.420 e. The van der Waals surface area contributed by atoms with E-state index in [0.29, 0.717) is 54.5 Å². The van der Waals surface area contributed by atoms with E-state index >= 15 is 0 Å². The van der Waals surface area contributed by atoms with Gasteiger partial charge < -0.3 is 29.9 Å². The van der Waals surface area contributed by atoms with Gasteiger partial charge in [0.15, 0.2) is 0 Å².